The number of nitrogens with one attached hydrogen (secondary N) is 2. The van der Waals surface area contributed by atoms with E-state index in [9.17, 15) is 9.59 Å². The minimum Gasteiger partial charge on any atom is -0.481 e. The van der Waals surface area contributed by atoms with E-state index in [0.717, 1.165) is 17.5 Å². The zero-order chi connectivity index (χ0) is 21.2. The van der Waals surface area contributed by atoms with Crippen molar-refractivity contribution in [1.82, 2.24) is 5.32 Å². The molecule has 0 radical (unpaired) electrons. The Kier molecular flexibility index (Phi) is 8.68. The number of anilines is 1. The summed E-state index contributed by atoms with van der Waals surface area (Å²) in [4.78, 5) is 25.3. The van der Waals surface area contributed by atoms with E-state index in [1.807, 2.05) is 32.9 Å². The highest BCUT2D eigenvalue weighted by atomic mass is 16.5. The van der Waals surface area contributed by atoms with Gasteiger partial charge in [-0.3, -0.25) is 9.59 Å². The average molecular weight is 399 g/mol. The quantitative estimate of drug-likeness (QED) is 0.596. The Bertz CT molecular complexity index is 815. The van der Waals surface area contributed by atoms with Gasteiger partial charge in [0.1, 0.15) is 5.75 Å². The molecule has 0 bridgehead atoms. The number of aryl methyl sites for hydroxylation is 2. The molecule has 0 saturated heterocycles. The molecule has 0 saturated carbocycles. The Morgan fingerprint density at radius 2 is 1.76 bits per heavy atom. The van der Waals surface area contributed by atoms with Gasteiger partial charge in [0.2, 0.25) is 0 Å². The van der Waals surface area contributed by atoms with Crippen molar-refractivity contribution in [3.63, 3.8) is 0 Å². The van der Waals surface area contributed by atoms with Crippen LogP contribution >= 0.6 is 0 Å². The first-order valence-electron chi connectivity index (χ1n) is 9.86. The molecule has 2 rings (SSSR count). The van der Waals surface area contributed by atoms with Crippen molar-refractivity contribution in [2.24, 2.45) is 0 Å². The Hall–Kier alpha value is -2.86. The van der Waals surface area contributed by atoms with Crippen LogP contribution in [0.3, 0.4) is 0 Å². The van der Waals surface area contributed by atoms with Crippen LogP contribution in [0.4, 0.5) is 5.69 Å². The van der Waals surface area contributed by atoms with Crippen LogP contribution in [0.15, 0.2) is 42.5 Å². The molecule has 0 unspecified atom stereocenters. The number of hydrogen-bond acceptors (Lipinski definition) is 4. The maximum atomic E-state index is 12.8. The predicted octanol–water partition coefficient (Wildman–Crippen LogP) is 3.87. The zero-order valence-corrected chi connectivity index (χ0v) is 17.6. The van der Waals surface area contributed by atoms with Gasteiger partial charge in [-0.05, 0) is 62.1 Å². The highest BCUT2D eigenvalue weighted by molar-refractivity contribution is 6.04. The molecular weight excluding hydrogens is 368 g/mol. The summed E-state index contributed by atoms with van der Waals surface area (Å²) in [6.45, 7) is 6.95. The van der Waals surface area contributed by atoms with Gasteiger partial charge < -0.3 is 20.1 Å². The smallest absolute Gasteiger partial charge is 0.265 e. The van der Waals surface area contributed by atoms with Crippen LogP contribution in [0.2, 0.25) is 0 Å². The highest BCUT2D eigenvalue weighted by Crippen LogP contribution is 2.20. The lowest BCUT2D eigenvalue weighted by Gasteiger charge is -2.19. The zero-order valence-electron chi connectivity index (χ0n) is 17.6. The molecule has 2 N–H and O–H groups in total. The number of rotatable bonds is 10. The Morgan fingerprint density at radius 3 is 2.41 bits per heavy atom. The molecule has 0 spiro atoms. The van der Waals surface area contributed by atoms with Gasteiger partial charge in [0.15, 0.2) is 6.10 Å². The molecule has 1 atom stereocenters. The lowest BCUT2D eigenvalue weighted by molar-refractivity contribution is -0.122. The number of carbonyl (C=O) groups is 2. The van der Waals surface area contributed by atoms with Crippen molar-refractivity contribution in [3.05, 3.63) is 59.2 Å². The monoisotopic (exact) mass is 398 g/mol. The lowest BCUT2D eigenvalue weighted by Crippen LogP contribution is -2.33. The number of benzene rings is 2. The molecule has 0 fully saturated rings. The van der Waals surface area contributed by atoms with E-state index < -0.39 is 6.10 Å². The molecule has 0 aliphatic carbocycles. The summed E-state index contributed by atoms with van der Waals surface area (Å²) in [6, 6.07) is 12.8. The van der Waals surface area contributed by atoms with Gasteiger partial charge in [-0.25, -0.2) is 0 Å². The number of methoxy groups -OCH3 is 1. The molecule has 0 heterocycles. The standard InChI is InChI=1S/C23H30N2O4/c1-5-21(29-18-14-16(2)13-17(3)15-18)23(27)25-20-10-7-6-9-19(20)22(26)24-11-8-12-28-4/h6-7,9-10,13-15,21H,5,8,11-12H2,1-4H3,(H,24,26)(H,25,27)/t21-/m1/s1. The molecule has 6 nitrogen and oxygen atoms in total. The second-order valence-corrected chi connectivity index (χ2v) is 6.98. The Morgan fingerprint density at radius 1 is 1.07 bits per heavy atom. The fourth-order valence-corrected chi connectivity index (χ4v) is 3.00. The number of ether oxygens (including phenoxy) is 2. The number of carbonyl (C=O) groups excluding carboxylic acids is 2. The van der Waals surface area contributed by atoms with Gasteiger partial charge in [0.25, 0.3) is 11.8 Å². The van der Waals surface area contributed by atoms with Crippen molar-refractivity contribution in [1.29, 1.82) is 0 Å². The minimum absolute atomic E-state index is 0.236. The van der Waals surface area contributed by atoms with Crippen molar-refractivity contribution in [2.75, 3.05) is 25.6 Å². The van der Waals surface area contributed by atoms with Crippen LogP contribution in [0, 0.1) is 13.8 Å². The summed E-state index contributed by atoms with van der Waals surface area (Å²) < 4.78 is 10.9. The fraction of sp³-hybridized carbons (Fsp3) is 0.391. The topological polar surface area (TPSA) is 76.7 Å². The summed E-state index contributed by atoms with van der Waals surface area (Å²) in [6.07, 6.45) is 0.567. The van der Waals surface area contributed by atoms with E-state index in [1.54, 1.807) is 31.4 Å². The van der Waals surface area contributed by atoms with Gasteiger partial charge in [0.05, 0.1) is 11.3 Å². The first kappa shape index (κ1) is 22.4. The summed E-state index contributed by atoms with van der Waals surface area (Å²) in [5.41, 5.74) is 3.03. The van der Waals surface area contributed by atoms with Crippen LogP contribution in [0.5, 0.6) is 5.75 Å². The lowest BCUT2D eigenvalue weighted by atomic mass is 10.1. The molecule has 0 aliphatic rings. The molecule has 6 heteroatoms. The predicted molar refractivity (Wildman–Crippen MR) is 115 cm³/mol. The molecule has 0 aromatic heterocycles. The molecule has 2 amide bonds. The third kappa shape index (κ3) is 6.91. The largest absolute Gasteiger partial charge is 0.481 e. The van der Waals surface area contributed by atoms with Crippen LogP contribution in [-0.4, -0.2) is 38.2 Å². The van der Waals surface area contributed by atoms with Gasteiger partial charge >= 0.3 is 0 Å². The number of amides is 2. The maximum absolute atomic E-state index is 12.8. The van der Waals surface area contributed by atoms with Gasteiger partial charge in [-0.15, -0.1) is 0 Å². The third-order valence-corrected chi connectivity index (χ3v) is 4.38. The second-order valence-electron chi connectivity index (χ2n) is 6.98. The van der Waals surface area contributed by atoms with Gasteiger partial charge in [0, 0.05) is 20.3 Å². The molecule has 156 valence electrons. The first-order valence-corrected chi connectivity index (χ1v) is 9.86. The van der Waals surface area contributed by atoms with E-state index in [2.05, 4.69) is 16.7 Å². The maximum Gasteiger partial charge on any atom is 0.265 e. The van der Waals surface area contributed by atoms with E-state index >= 15 is 0 Å². The molecular formula is C23H30N2O4. The first-order chi connectivity index (χ1) is 13.9. The van der Waals surface area contributed by atoms with Gasteiger partial charge in [-0.1, -0.05) is 25.1 Å². The Balaban J connectivity index is 2.07. The summed E-state index contributed by atoms with van der Waals surface area (Å²) in [5.74, 6) is 0.139. The highest BCUT2D eigenvalue weighted by Gasteiger charge is 2.21. The minimum atomic E-state index is -0.658. The number of para-hydroxylation sites is 1. The molecule has 29 heavy (non-hydrogen) atoms. The van der Waals surface area contributed by atoms with E-state index in [1.165, 1.54) is 0 Å². The van der Waals surface area contributed by atoms with Crippen molar-refractivity contribution < 1.29 is 19.1 Å². The third-order valence-electron chi connectivity index (χ3n) is 4.38. The fourth-order valence-electron chi connectivity index (χ4n) is 3.00. The van der Waals surface area contributed by atoms with Gasteiger partial charge in [-0.2, -0.15) is 0 Å². The van der Waals surface area contributed by atoms with Crippen LogP contribution in [-0.2, 0) is 9.53 Å². The average Bonchev–Trinajstić information content (AvgIpc) is 2.69. The van der Waals surface area contributed by atoms with Crippen molar-refractivity contribution in [2.45, 2.75) is 39.7 Å². The SMILES string of the molecule is CC[C@@H](Oc1cc(C)cc(C)c1)C(=O)Nc1ccccc1C(=O)NCCCOC. The normalized spacial score (nSPS) is 11.6. The summed E-state index contributed by atoms with van der Waals surface area (Å²) >= 11 is 0. The van der Waals surface area contributed by atoms with Crippen LogP contribution < -0.4 is 15.4 Å². The Labute approximate surface area is 172 Å². The van der Waals surface area contributed by atoms with Crippen molar-refractivity contribution >= 4 is 17.5 Å². The molecule has 2 aromatic carbocycles. The number of hydrogen-bond donors (Lipinski definition) is 2. The van der Waals surface area contributed by atoms with Crippen LogP contribution in [0.25, 0.3) is 0 Å². The van der Waals surface area contributed by atoms with E-state index in [-0.39, 0.29) is 11.8 Å². The summed E-state index contributed by atoms with van der Waals surface area (Å²) in [5, 5.41) is 5.69. The van der Waals surface area contributed by atoms with E-state index in [4.69, 9.17) is 9.47 Å². The second kappa shape index (κ2) is 11.2. The van der Waals surface area contributed by atoms with E-state index in [0.29, 0.717) is 36.6 Å². The molecule has 2 aromatic rings. The molecule has 0 aliphatic heterocycles. The van der Waals surface area contributed by atoms with Crippen LogP contribution in [0.1, 0.15) is 41.3 Å². The summed E-state index contributed by atoms with van der Waals surface area (Å²) in [7, 11) is 1.62. The van der Waals surface area contributed by atoms with Crippen molar-refractivity contribution in [3.8, 4) is 5.75 Å².